The number of halogens is 1. The van der Waals surface area contributed by atoms with E-state index in [1.54, 1.807) is 13.2 Å². The SMILES string of the molecule is C=CCn1c(COc2ccc(OC)cc2)nnc1SCC(=O)Nc1cccc(Br)c1. The molecule has 30 heavy (non-hydrogen) atoms. The van der Waals surface area contributed by atoms with Crippen LogP contribution in [0.2, 0.25) is 0 Å². The van der Waals surface area contributed by atoms with Crippen molar-refractivity contribution in [2.24, 2.45) is 0 Å². The molecule has 1 heterocycles. The second-order valence-electron chi connectivity index (χ2n) is 6.11. The molecule has 1 amide bonds. The summed E-state index contributed by atoms with van der Waals surface area (Å²) in [6, 6.07) is 14.8. The van der Waals surface area contributed by atoms with Crippen LogP contribution >= 0.6 is 27.7 Å². The monoisotopic (exact) mass is 488 g/mol. The Morgan fingerprint density at radius 1 is 1.23 bits per heavy atom. The van der Waals surface area contributed by atoms with Crippen LogP contribution in [0.1, 0.15) is 5.82 Å². The maximum absolute atomic E-state index is 12.3. The van der Waals surface area contributed by atoms with Crippen molar-refractivity contribution < 1.29 is 14.3 Å². The molecule has 0 fully saturated rings. The Morgan fingerprint density at radius 3 is 2.70 bits per heavy atom. The highest BCUT2D eigenvalue weighted by Gasteiger charge is 2.14. The van der Waals surface area contributed by atoms with Gasteiger partial charge in [-0.05, 0) is 42.5 Å². The van der Waals surface area contributed by atoms with Gasteiger partial charge in [-0.25, -0.2) is 0 Å². The summed E-state index contributed by atoms with van der Waals surface area (Å²) in [7, 11) is 1.62. The molecule has 2 aromatic carbocycles. The van der Waals surface area contributed by atoms with E-state index in [-0.39, 0.29) is 18.3 Å². The number of carbonyl (C=O) groups excluding carboxylic acids is 1. The number of hydrogen-bond acceptors (Lipinski definition) is 6. The van der Waals surface area contributed by atoms with E-state index in [9.17, 15) is 4.79 Å². The zero-order valence-electron chi connectivity index (χ0n) is 16.4. The first kappa shape index (κ1) is 21.9. The molecular weight excluding hydrogens is 468 g/mol. The molecule has 7 nitrogen and oxygen atoms in total. The molecule has 3 rings (SSSR count). The minimum Gasteiger partial charge on any atom is -0.497 e. The van der Waals surface area contributed by atoms with Crippen molar-refractivity contribution in [2.45, 2.75) is 18.3 Å². The van der Waals surface area contributed by atoms with E-state index < -0.39 is 0 Å². The van der Waals surface area contributed by atoms with E-state index in [1.165, 1.54) is 11.8 Å². The molecule has 156 valence electrons. The van der Waals surface area contributed by atoms with Crippen LogP contribution in [0, 0.1) is 0 Å². The topological polar surface area (TPSA) is 78.3 Å². The van der Waals surface area contributed by atoms with Crippen molar-refractivity contribution in [3.63, 3.8) is 0 Å². The number of benzene rings is 2. The third kappa shape index (κ3) is 6.11. The molecule has 9 heteroatoms. The number of methoxy groups -OCH3 is 1. The first-order valence-corrected chi connectivity index (χ1v) is 10.8. The van der Waals surface area contributed by atoms with Crippen LogP contribution in [0.15, 0.2) is 70.8 Å². The Morgan fingerprint density at radius 2 is 2.00 bits per heavy atom. The van der Waals surface area contributed by atoms with Gasteiger partial charge in [0.1, 0.15) is 18.1 Å². The van der Waals surface area contributed by atoms with Gasteiger partial charge >= 0.3 is 0 Å². The van der Waals surface area contributed by atoms with E-state index in [0.29, 0.717) is 23.3 Å². The number of nitrogens with one attached hydrogen (secondary N) is 1. The zero-order chi connectivity index (χ0) is 21.3. The highest BCUT2D eigenvalue weighted by atomic mass is 79.9. The zero-order valence-corrected chi connectivity index (χ0v) is 18.8. The minimum atomic E-state index is -0.123. The predicted octanol–water partition coefficient (Wildman–Crippen LogP) is 4.55. The molecular formula is C21H21BrN4O3S. The van der Waals surface area contributed by atoms with Crippen LogP contribution in [0.5, 0.6) is 11.5 Å². The van der Waals surface area contributed by atoms with E-state index in [4.69, 9.17) is 9.47 Å². The summed E-state index contributed by atoms with van der Waals surface area (Å²) < 4.78 is 13.7. The molecule has 0 aliphatic heterocycles. The maximum Gasteiger partial charge on any atom is 0.234 e. The third-order valence-corrected chi connectivity index (χ3v) is 5.43. The molecule has 0 spiro atoms. The van der Waals surface area contributed by atoms with Gasteiger partial charge in [-0.15, -0.1) is 16.8 Å². The number of amides is 1. The highest BCUT2D eigenvalue weighted by molar-refractivity contribution is 9.10. The van der Waals surface area contributed by atoms with Gasteiger partial charge in [-0.2, -0.15) is 0 Å². The smallest absolute Gasteiger partial charge is 0.234 e. The fraction of sp³-hybridized carbons (Fsp3) is 0.190. The second kappa shape index (κ2) is 10.8. The Kier molecular flexibility index (Phi) is 7.92. The summed E-state index contributed by atoms with van der Waals surface area (Å²) in [5.74, 6) is 2.20. The van der Waals surface area contributed by atoms with Crippen molar-refractivity contribution in [3.05, 3.63) is 71.5 Å². The Labute approximate surface area is 187 Å². The lowest BCUT2D eigenvalue weighted by atomic mass is 10.3. The van der Waals surface area contributed by atoms with Gasteiger partial charge in [0, 0.05) is 16.7 Å². The standard InChI is InChI=1S/C21H21BrN4O3S/c1-3-11-26-19(13-29-18-9-7-17(28-2)8-10-18)24-25-21(26)30-14-20(27)23-16-6-4-5-15(22)12-16/h3-10,12H,1,11,13-14H2,2H3,(H,23,27). The van der Waals surface area contributed by atoms with Crippen molar-refractivity contribution >= 4 is 39.3 Å². The summed E-state index contributed by atoms with van der Waals surface area (Å²) in [6.45, 7) is 4.56. The minimum absolute atomic E-state index is 0.123. The molecule has 1 aromatic heterocycles. The molecule has 0 saturated carbocycles. The van der Waals surface area contributed by atoms with Gasteiger partial charge in [0.05, 0.1) is 12.9 Å². The number of carbonyl (C=O) groups is 1. The Balaban J connectivity index is 1.60. The molecule has 1 N–H and O–H groups in total. The Hall–Kier alpha value is -2.78. The van der Waals surface area contributed by atoms with Gasteiger partial charge in [-0.1, -0.05) is 39.8 Å². The normalized spacial score (nSPS) is 10.5. The molecule has 0 atom stereocenters. The van der Waals surface area contributed by atoms with E-state index in [1.807, 2.05) is 53.1 Å². The first-order valence-electron chi connectivity index (χ1n) is 9.07. The summed E-state index contributed by atoms with van der Waals surface area (Å²) >= 11 is 4.70. The fourth-order valence-electron chi connectivity index (χ4n) is 2.56. The molecule has 3 aromatic rings. The summed E-state index contributed by atoms with van der Waals surface area (Å²) in [5, 5.41) is 11.9. The number of rotatable bonds is 10. The molecule has 0 saturated heterocycles. The highest BCUT2D eigenvalue weighted by Crippen LogP contribution is 2.21. The van der Waals surface area contributed by atoms with Gasteiger partial charge in [0.25, 0.3) is 0 Å². The number of anilines is 1. The summed E-state index contributed by atoms with van der Waals surface area (Å²) in [5.41, 5.74) is 0.733. The number of ether oxygens (including phenoxy) is 2. The Bertz CT molecular complexity index is 1010. The third-order valence-electron chi connectivity index (χ3n) is 3.97. The van der Waals surface area contributed by atoms with E-state index in [0.717, 1.165) is 15.9 Å². The molecule has 0 unspecified atom stereocenters. The number of hydrogen-bond donors (Lipinski definition) is 1. The number of aromatic nitrogens is 3. The first-order chi connectivity index (χ1) is 14.6. The molecule has 0 aliphatic rings. The van der Waals surface area contributed by atoms with Gasteiger partial charge in [-0.3, -0.25) is 9.36 Å². The van der Waals surface area contributed by atoms with Crippen LogP contribution in [-0.2, 0) is 17.9 Å². The number of allylic oxidation sites excluding steroid dienone is 1. The summed E-state index contributed by atoms with van der Waals surface area (Å²) in [6.07, 6.45) is 1.76. The van der Waals surface area contributed by atoms with Crippen LogP contribution in [0.25, 0.3) is 0 Å². The number of thioether (sulfide) groups is 1. The average Bonchev–Trinajstić information content (AvgIpc) is 3.13. The van der Waals surface area contributed by atoms with Gasteiger partial charge in [0.2, 0.25) is 5.91 Å². The fourth-order valence-corrected chi connectivity index (χ4v) is 3.72. The van der Waals surface area contributed by atoms with Crippen LogP contribution in [0.4, 0.5) is 5.69 Å². The van der Waals surface area contributed by atoms with Crippen molar-refractivity contribution in [1.29, 1.82) is 0 Å². The van der Waals surface area contributed by atoms with Crippen LogP contribution in [-0.4, -0.2) is 33.5 Å². The van der Waals surface area contributed by atoms with Gasteiger partial charge in [0.15, 0.2) is 11.0 Å². The van der Waals surface area contributed by atoms with Crippen molar-refractivity contribution in [1.82, 2.24) is 14.8 Å². The predicted molar refractivity (Wildman–Crippen MR) is 121 cm³/mol. The lowest BCUT2D eigenvalue weighted by Gasteiger charge is -2.10. The van der Waals surface area contributed by atoms with Gasteiger partial charge < -0.3 is 14.8 Å². The quantitative estimate of drug-likeness (QED) is 0.333. The van der Waals surface area contributed by atoms with Crippen molar-refractivity contribution in [3.8, 4) is 11.5 Å². The lowest BCUT2D eigenvalue weighted by Crippen LogP contribution is -2.15. The summed E-state index contributed by atoms with van der Waals surface area (Å²) in [4.78, 5) is 12.3. The van der Waals surface area contributed by atoms with Crippen LogP contribution < -0.4 is 14.8 Å². The largest absolute Gasteiger partial charge is 0.497 e. The number of nitrogens with zero attached hydrogens (tertiary/aromatic N) is 3. The average molecular weight is 489 g/mol. The van der Waals surface area contributed by atoms with Crippen LogP contribution in [0.3, 0.4) is 0 Å². The lowest BCUT2D eigenvalue weighted by molar-refractivity contribution is -0.113. The van der Waals surface area contributed by atoms with E-state index >= 15 is 0 Å². The molecule has 0 aliphatic carbocycles. The molecule has 0 bridgehead atoms. The maximum atomic E-state index is 12.3. The van der Waals surface area contributed by atoms with E-state index in [2.05, 4.69) is 38.0 Å². The molecule has 0 radical (unpaired) electrons. The van der Waals surface area contributed by atoms with Crippen molar-refractivity contribution in [2.75, 3.05) is 18.2 Å². The second-order valence-corrected chi connectivity index (χ2v) is 7.97.